The van der Waals surface area contributed by atoms with Gasteiger partial charge in [0, 0.05) is 31.6 Å². The van der Waals surface area contributed by atoms with Crippen LogP contribution in [-0.2, 0) is 6.61 Å². The average molecular weight is 227 g/mol. The summed E-state index contributed by atoms with van der Waals surface area (Å²) in [5.41, 5.74) is 0.568. The first-order chi connectivity index (χ1) is 7.31. The number of nitrogens with one attached hydrogen (secondary N) is 1. The van der Waals surface area contributed by atoms with Crippen molar-refractivity contribution in [3.05, 3.63) is 16.1 Å². The molecule has 1 aromatic rings. The number of rotatable bonds is 2. The first kappa shape index (κ1) is 10.5. The van der Waals surface area contributed by atoms with Crippen LogP contribution in [0.25, 0.3) is 0 Å². The Morgan fingerprint density at radius 2 is 2.33 bits per heavy atom. The van der Waals surface area contributed by atoms with Crippen LogP contribution in [0, 0.1) is 0 Å². The molecular formula is C9H13N3O2S. The highest BCUT2D eigenvalue weighted by Crippen LogP contribution is 2.12. The Morgan fingerprint density at radius 3 is 2.93 bits per heavy atom. The normalized spacial score (nSPS) is 16.7. The molecule has 1 aliphatic heterocycles. The van der Waals surface area contributed by atoms with Crippen LogP contribution in [0.5, 0.6) is 0 Å². The number of aliphatic hydroxyl groups excluding tert-OH is 1. The maximum Gasteiger partial charge on any atom is 0.282 e. The van der Waals surface area contributed by atoms with Gasteiger partial charge in [-0.05, 0) is 0 Å². The number of nitrogens with zero attached hydrogens (tertiary/aromatic N) is 2. The second kappa shape index (κ2) is 4.69. The van der Waals surface area contributed by atoms with Crippen molar-refractivity contribution in [3.8, 4) is 0 Å². The SMILES string of the molecule is O=C(c1nc(CO)cs1)N1CCNCC1. The molecule has 2 N–H and O–H groups in total. The van der Waals surface area contributed by atoms with E-state index in [4.69, 9.17) is 5.11 Å². The molecule has 0 bridgehead atoms. The van der Waals surface area contributed by atoms with Crippen molar-refractivity contribution in [2.45, 2.75) is 6.61 Å². The molecule has 0 aromatic carbocycles. The molecule has 6 heteroatoms. The summed E-state index contributed by atoms with van der Waals surface area (Å²) in [6.45, 7) is 3.03. The molecule has 0 atom stereocenters. The van der Waals surface area contributed by atoms with Gasteiger partial charge < -0.3 is 15.3 Å². The molecule has 15 heavy (non-hydrogen) atoms. The minimum absolute atomic E-state index is 0.0267. The zero-order valence-corrected chi connectivity index (χ0v) is 9.09. The van der Waals surface area contributed by atoms with Crippen LogP contribution in [0.4, 0.5) is 0 Å². The van der Waals surface area contributed by atoms with Gasteiger partial charge in [-0.2, -0.15) is 0 Å². The molecule has 0 aliphatic carbocycles. The maximum atomic E-state index is 11.9. The molecule has 5 nitrogen and oxygen atoms in total. The highest BCUT2D eigenvalue weighted by Gasteiger charge is 2.20. The Bertz CT molecular complexity index is 347. The van der Waals surface area contributed by atoms with E-state index in [1.54, 1.807) is 10.3 Å². The second-order valence-corrected chi connectivity index (χ2v) is 4.20. The second-order valence-electron chi connectivity index (χ2n) is 3.34. The third kappa shape index (κ3) is 2.34. The topological polar surface area (TPSA) is 65.5 Å². The van der Waals surface area contributed by atoms with E-state index in [2.05, 4.69) is 10.3 Å². The average Bonchev–Trinajstić information content (AvgIpc) is 2.78. The lowest BCUT2D eigenvalue weighted by Crippen LogP contribution is -2.46. The van der Waals surface area contributed by atoms with E-state index in [0.29, 0.717) is 10.7 Å². The fraction of sp³-hybridized carbons (Fsp3) is 0.556. The fourth-order valence-electron chi connectivity index (χ4n) is 1.48. The monoisotopic (exact) mass is 227 g/mol. The third-order valence-corrected chi connectivity index (χ3v) is 3.18. The number of carbonyl (C=O) groups is 1. The predicted octanol–water partition coefficient (Wildman–Crippen LogP) is -0.319. The lowest BCUT2D eigenvalue weighted by atomic mass is 10.3. The van der Waals surface area contributed by atoms with Crippen LogP contribution in [-0.4, -0.2) is 47.1 Å². The van der Waals surface area contributed by atoms with E-state index >= 15 is 0 Å². The molecule has 1 aromatic heterocycles. The predicted molar refractivity (Wildman–Crippen MR) is 56.8 cm³/mol. The van der Waals surface area contributed by atoms with Gasteiger partial charge in [-0.3, -0.25) is 4.79 Å². The Morgan fingerprint density at radius 1 is 1.60 bits per heavy atom. The summed E-state index contributed by atoms with van der Waals surface area (Å²) < 4.78 is 0. The van der Waals surface area contributed by atoms with Crippen molar-refractivity contribution in [1.82, 2.24) is 15.2 Å². The molecule has 0 saturated carbocycles. The minimum Gasteiger partial charge on any atom is -0.390 e. The fourth-order valence-corrected chi connectivity index (χ4v) is 2.26. The lowest BCUT2D eigenvalue weighted by molar-refractivity contribution is 0.0735. The zero-order valence-electron chi connectivity index (χ0n) is 8.27. The number of hydrogen-bond donors (Lipinski definition) is 2. The Labute approximate surface area is 91.7 Å². The third-order valence-electron chi connectivity index (χ3n) is 2.30. The highest BCUT2D eigenvalue weighted by molar-refractivity contribution is 7.11. The van der Waals surface area contributed by atoms with E-state index in [9.17, 15) is 4.79 Å². The molecule has 0 radical (unpaired) electrons. The Balaban J connectivity index is 2.05. The molecule has 1 amide bonds. The van der Waals surface area contributed by atoms with Gasteiger partial charge in [0.1, 0.15) is 0 Å². The van der Waals surface area contributed by atoms with Gasteiger partial charge in [0.05, 0.1) is 12.3 Å². The largest absolute Gasteiger partial charge is 0.390 e. The number of amides is 1. The van der Waals surface area contributed by atoms with Crippen molar-refractivity contribution in [2.24, 2.45) is 0 Å². The summed E-state index contributed by atoms with van der Waals surface area (Å²) >= 11 is 1.29. The summed E-state index contributed by atoms with van der Waals surface area (Å²) in [6, 6.07) is 0. The Hall–Kier alpha value is -0.980. The van der Waals surface area contributed by atoms with Crippen LogP contribution >= 0.6 is 11.3 Å². The molecule has 2 heterocycles. The molecule has 1 aliphatic rings. The molecule has 0 unspecified atom stereocenters. The van der Waals surface area contributed by atoms with Crippen LogP contribution < -0.4 is 5.32 Å². The number of aliphatic hydroxyl groups is 1. The molecule has 2 rings (SSSR count). The van der Waals surface area contributed by atoms with Crippen LogP contribution in [0.1, 0.15) is 15.5 Å². The first-order valence-electron chi connectivity index (χ1n) is 4.86. The van der Waals surface area contributed by atoms with Crippen molar-refractivity contribution in [1.29, 1.82) is 0 Å². The number of thiazole rings is 1. The summed E-state index contributed by atoms with van der Waals surface area (Å²) in [4.78, 5) is 17.7. The maximum absolute atomic E-state index is 11.9. The smallest absolute Gasteiger partial charge is 0.282 e. The molecular weight excluding hydrogens is 214 g/mol. The number of aromatic nitrogens is 1. The van der Waals surface area contributed by atoms with Gasteiger partial charge in [-0.1, -0.05) is 0 Å². The van der Waals surface area contributed by atoms with Crippen molar-refractivity contribution in [2.75, 3.05) is 26.2 Å². The van der Waals surface area contributed by atoms with Crippen molar-refractivity contribution < 1.29 is 9.90 Å². The van der Waals surface area contributed by atoms with Gasteiger partial charge in [0.2, 0.25) is 0 Å². The number of carbonyl (C=O) groups excluding carboxylic acids is 1. The number of piperazine rings is 1. The van der Waals surface area contributed by atoms with Gasteiger partial charge in [0.25, 0.3) is 5.91 Å². The molecule has 82 valence electrons. The number of hydrogen-bond acceptors (Lipinski definition) is 5. The van der Waals surface area contributed by atoms with Crippen LogP contribution in [0.15, 0.2) is 5.38 Å². The van der Waals surface area contributed by atoms with Gasteiger partial charge in [-0.15, -0.1) is 11.3 Å². The molecule has 1 saturated heterocycles. The van der Waals surface area contributed by atoms with E-state index < -0.39 is 0 Å². The van der Waals surface area contributed by atoms with Crippen LogP contribution in [0.2, 0.25) is 0 Å². The highest BCUT2D eigenvalue weighted by atomic mass is 32.1. The van der Waals surface area contributed by atoms with Crippen molar-refractivity contribution >= 4 is 17.2 Å². The first-order valence-corrected chi connectivity index (χ1v) is 5.74. The van der Waals surface area contributed by atoms with Crippen molar-refractivity contribution in [3.63, 3.8) is 0 Å². The van der Waals surface area contributed by atoms with Gasteiger partial charge >= 0.3 is 0 Å². The summed E-state index contributed by atoms with van der Waals surface area (Å²) in [6.07, 6.45) is 0. The van der Waals surface area contributed by atoms with Gasteiger partial charge in [-0.25, -0.2) is 4.98 Å². The lowest BCUT2D eigenvalue weighted by Gasteiger charge is -2.26. The van der Waals surface area contributed by atoms with E-state index in [1.165, 1.54) is 11.3 Å². The summed E-state index contributed by atoms with van der Waals surface area (Å²) in [5.74, 6) is -0.0267. The standard InChI is InChI=1S/C9H13N3O2S/c13-5-7-6-15-8(11-7)9(14)12-3-1-10-2-4-12/h6,10,13H,1-5H2. The minimum atomic E-state index is -0.106. The molecule has 1 fully saturated rings. The van der Waals surface area contributed by atoms with Crippen LogP contribution in [0.3, 0.4) is 0 Å². The summed E-state index contributed by atoms with van der Waals surface area (Å²) in [7, 11) is 0. The van der Waals surface area contributed by atoms with E-state index in [0.717, 1.165) is 26.2 Å². The van der Waals surface area contributed by atoms with E-state index in [-0.39, 0.29) is 12.5 Å². The Kier molecular flexibility index (Phi) is 3.30. The summed E-state index contributed by atoms with van der Waals surface area (Å²) in [5, 5.41) is 14.2. The zero-order chi connectivity index (χ0) is 10.7. The van der Waals surface area contributed by atoms with E-state index in [1.807, 2.05) is 0 Å². The quantitative estimate of drug-likeness (QED) is 0.727. The molecule has 0 spiro atoms. The van der Waals surface area contributed by atoms with Gasteiger partial charge in [0.15, 0.2) is 5.01 Å².